The normalized spacial score (nSPS) is 28.1. The van der Waals surface area contributed by atoms with Crippen molar-refractivity contribution in [1.82, 2.24) is 4.90 Å². The molecular formula is C24H35NO5. The number of benzene rings is 1. The number of methoxy groups -OCH3 is 2. The second-order valence-electron chi connectivity index (χ2n) is 8.81. The van der Waals surface area contributed by atoms with E-state index in [4.69, 9.17) is 18.9 Å². The molecule has 0 spiro atoms. The summed E-state index contributed by atoms with van der Waals surface area (Å²) in [7, 11) is 3.40. The maximum Gasteiger partial charge on any atom is 0.133 e. The second kappa shape index (κ2) is 9.77. The summed E-state index contributed by atoms with van der Waals surface area (Å²) in [6, 6.07) is 6.98. The molecule has 3 atom stereocenters. The number of carbonyl (C=O) groups excluding carboxylic acids is 1. The zero-order chi connectivity index (χ0) is 21.0. The number of likely N-dealkylation sites (tertiary alicyclic amines) is 1. The lowest BCUT2D eigenvalue weighted by molar-refractivity contribution is -0.127. The van der Waals surface area contributed by atoms with Gasteiger partial charge in [0.15, 0.2) is 0 Å². The molecule has 1 aromatic rings. The van der Waals surface area contributed by atoms with Crippen LogP contribution in [0.3, 0.4) is 0 Å². The summed E-state index contributed by atoms with van der Waals surface area (Å²) in [5, 5.41) is 0. The van der Waals surface area contributed by atoms with Crippen molar-refractivity contribution in [2.45, 2.75) is 43.6 Å². The third kappa shape index (κ3) is 4.28. The third-order valence-electron chi connectivity index (χ3n) is 7.34. The molecule has 1 saturated carbocycles. The quantitative estimate of drug-likeness (QED) is 0.546. The van der Waals surface area contributed by atoms with Crippen molar-refractivity contribution in [2.24, 2.45) is 5.92 Å². The molecule has 3 aliphatic rings. The molecule has 0 radical (unpaired) electrons. The van der Waals surface area contributed by atoms with Gasteiger partial charge in [0.05, 0.1) is 40.1 Å². The first kappa shape index (κ1) is 21.8. The van der Waals surface area contributed by atoms with Crippen LogP contribution in [0.25, 0.3) is 0 Å². The van der Waals surface area contributed by atoms with Crippen LogP contribution < -0.4 is 4.74 Å². The number of nitrogens with zero attached hydrogens (tertiary/aromatic N) is 1. The van der Waals surface area contributed by atoms with Crippen LogP contribution in [0.5, 0.6) is 5.75 Å². The lowest BCUT2D eigenvalue weighted by atomic mass is 9.52. The van der Waals surface area contributed by atoms with Gasteiger partial charge in [-0.3, -0.25) is 9.69 Å². The van der Waals surface area contributed by atoms with Gasteiger partial charge in [-0.05, 0) is 55.0 Å². The molecule has 166 valence electrons. The first-order valence-electron chi connectivity index (χ1n) is 11.3. The molecule has 1 aromatic carbocycles. The van der Waals surface area contributed by atoms with Crippen LogP contribution in [0.2, 0.25) is 0 Å². The van der Waals surface area contributed by atoms with Crippen molar-refractivity contribution in [1.29, 1.82) is 0 Å². The van der Waals surface area contributed by atoms with Crippen molar-refractivity contribution >= 4 is 5.78 Å². The summed E-state index contributed by atoms with van der Waals surface area (Å²) >= 11 is 0. The summed E-state index contributed by atoms with van der Waals surface area (Å²) in [5.41, 5.74) is 2.76. The Morgan fingerprint density at radius 1 is 1.10 bits per heavy atom. The van der Waals surface area contributed by atoms with Gasteiger partial charge in [-0.1, -0.05) is 6.07 Å². The highest BCUT2D eigenvalue weighted by Gasteiger charge is 2.55. The highest BCUT2D eigenvalue weighted by atomic mass is 16.5. The Hall–Kier alpha value is -1.47. The number of ether oxygens (including phenoxy) is 4. The van der Waals surface area contributed by atoms with E-state index in [0.717, 1.165) is 51.1 Å². The van der Waals surface area contributed by atoms with Crippen LogP contribution in [0.15, 0.2) is 18.2 Å². The molecule has 1 heterocycles. The van der Waals surface area contributed by atoms with Gasteiger partial charge in [-0.15, -0.1) is 0 Å². The van der Waals surface area contributed by atoms with E-state index in [-0.39, 0.29) is 5.41 Å². The molecule has 30 heavy (non-hydrogen) atoms. The first-order valence-corrected chi connectivity index (χ1v) is 11.3. The Kier molecular flexibility index (Phi) is 7.08. The zero-order valence-electron chi connectivity index (χ0n) is 18.4. The molecule has 0 amide bonds. The van der Waals surface area contributed by atoms with Crippen molar-refractivity contribution in [3.05, 3.63) is 29.3 Å². The van der Waals surface area contributed by atoms with Crippen LogP contribution in [0, 0.1) is 5.92 Å². The average molecular weight is 418 g/mol. The van der Waals surface area contributed by atoms with Gasteiger partial charge in [0.25, 0.3) is 0 Å². The van der Waals surface area contributed by atoms with Crippen LogP contribution in [0.4, 0.5) is 0 Å². The van der Waals surface area contributed by atoms with Gasteiger partial charge in [0, 0.05) is 38.0 Å². The Labute approximate surface area is 179 Å². The Balaban J connectivity index is 1.41. The SMILES string of the molecule is COCCOCCOCCN1CC[C@]23CC(=O)CC[C@H]2[C@H]1Cc1ccc(OC)cc13. The van der Waals surface area contributed by atoms with E-state index in [0.29, 0.717) is 50.6 Å². The van der Waals surface area contributed by atoms with Gasteiger partial charge in [-0.25, -0.2) is 0 Å². The molecule has 0 N–H and O–H groups in total. The van der Waals surface area contributed by atoms with E-state index in [1.165, 1.54) is 11.1 Å². The van der Waals surface area contributed by atoms with Crippen molar-refractivity contribution in [3.63, 3.8) is 0 Å². The summed E-state index contributed by atoms with van der Waals surface area (Å²) in [4.78, 5) is 15.1. The summed E-state index contributed by atoms with van der Waals surface area (Å²) in [6.45, 7) is 5.14. The summed E-state index contributed by atoms with van der Waals surface area (Å²) < 4.78 is 21.8. The van der Waals surface area contributed by atoms with Crippen molar-refractivity contribution in [3.8, 4) is 5.75 Å². The van der Waals surface area contributed by atoms with Gasteiger partial charge >= 0.3 is 0 Å². The third-order valence-corrected chi connectivity index (χ3v) is 7.34. The van der Waals surface area contributed by atoms with E-state index in [9.17, 15) is 4.79 Å². The van der Waals surface area contributed by atoms with Crippen molar-refractivity contribution < 1.29 is 23.7 Å². The molecule has 6 heteroatoms. The number of rotatable bonds is 10. The molecule has 0 unspecified atom stereocenters. The molecule has 4 rings (SSSR count). The molecule has 2 fully saturated rings. The smallest absolute Gasteiger partial charge is 0.133 e. The van der Waals surface area contributed by atoms with Crippen molar-refractivity contribution in [2.75, 3.05) is 60.3 Å². The largest absolute Gasteiger partial charge is 0.497 e. The molecular weight excluding hydrogens is 382 g/mol. The Bertz CT molecular complexity index is 738. The maximum absolute atomic E-state index is 12.5. The van der Waals surface area contributed by atoms with Crippen LogP contribution in [-0.4, -0.2) is 77.1 Å². The number of ketones is 1. The number of hydrogen-bond donors (Lipinski definition) is 0. The molecule has 2 aliphatic carbocycles. The monoisotopic (exact) mass is 417 g/mol. The van der Waals surface area contributed by atoms with Gasteiger partial charge in [0.2, 0.25) is 0 Å². The van der Waals surface area contributed by atoms with Gasteiger partial charge in [-0.2, -0.15) is 0 Å². The van der Waals surface area contributed by atoms with E-state index in [1.54, 1.807) is 14.2 Å². The number of fused-ring (bicyclic) bond motifs is 1. The molecule has 0 aromatic heterocycles. The molecule has 1 saturated heterocycles. The average Bonchev–Trinajstić information content (AvgIpc) is 2.76. The molecule has 1 aliphatic heterocycles. The van der Waals surface area contributed by atoms with Crippen LogP contribution in [-0.2, 0) is 30.8 Å². The highest BCUT2D eigenvalue weighted by molar-refractivity contribution is 5.81. The van der Waals surface area contributed by atoms with E-state index in [1.807, 2.05) is 0 Å². The number of hydrogen-bond acceptors (Lipinski definition) is 6. The van der Waals surface area contributed by atoms with E-state index in [2.05, 4.69) is 23.1 Å². The number of carbonyl (C=O) groups is 1. The lowest BCUT2D eigenvalue weighted by Gasteiger charge is -2.58. The van der Waals surface area contributed by atoms with E-state index >= 15 is 0 Å². The minimum absolute atomic E-state index is 0.00529. The van der Waals surface area contributed by atoms with Crippen LogP contribution >= 0.6 is 0 Å². The number of piperidine rings is 1. The number of Topliss-reactive ketones (excluding diaryl/α,β-unsaturated/α-hetero) is 1. The van der Waals surface area contributed by atoms with Gasteiger partial charge in [0.1, 0.15) is 11.5 Å². The maximum atomic E-state index is 12.5. The predicted octanol–water partition coefficient (Wildman–Crippen LogP) is 2.61. The lowest BCUT2D eigenvalue weighted by Crippen LogP contribution is -2.62. The minimum Gasteiger partial charge on any atom is -0.497 e. The fourth-order valence-electron chi connectivity index (χ4n) is 5.94. The highest BCUT2D eigenvalue weighted by Crippen LogP contribution is 2.55. The Morgan fingerprint density at radius 2 is 1.90 bits per heavy atom. The first-order chi connectivity index (χ1) is 14.7. The fourth-order valence-corrected chi connectivity index (χ4v) is 5.94. The second-order valence-corrected chi connectivity index (χ2v) is 8.81. The Morgan fingerprint density at radius 3 is 2.70 bits per heavy atom. The summed E-state index contributed by atoms with van der Waals surface area (Å²) in [5.74, 6) is 1.87. The zero-order valence-corrected chi connectivity index (χ0v) is 18.4. The van der Waals surface area contributed by atoms with E-state index < -0.39 is 0 Å². The van der Waals surface area contributed by atoms with Gasteiger partial charge < -0.3 is 18.9 Å². The predicted molar refractivity (Wildman–Crippen MR) is 114 cm³/mol. The van der Waals surface area contributed by atoms with Crippen LogP contribution in [0.1, 0.15) is 36.8 Å². The standard InChI is InChI=1S/C24H35NO5/c1-27-11-12-30-14-13-29-10-9-25-8-7-24-17-19(26)4-6-21(24)23(25)15-18-3-5-20(28-2)16-22(18)24/h3,5,16,21,23H,4,6-15,17H2,1-2H3/t21-,23+,24-/m0/s1. The molecule has 6 nitrogen and oxygen atoms in total. The summed E-state index contributed by atoms with van der Waals surface area (Å²) in [6.07, 6.45) is 4.52. The minimum atomic E-state index is -0.00529. The fraction of sp³-hybridized carbons (Fsp3) is 0.708. The molecule has 2 bridgehead atoms. The topological polar surface area (TPSA) is 57.2 Å².